The Hall–Kier alpha value is -5.11. The highest BCUT2D eigenvalue weighted by atomic mass is 16.5. The van der Waals surface area contributed by atoms with Crippen LogP contribution in [0, 0.1) is 6.92 Å². The molecule has 0 aromatic heterocycles. The molecule has 0 heterocycles. The van der Waals surface area contributed by atoms with Crippen molar-refractivity contribution in [1.29, 1.82) is 0 Å². The molecule has 1 atom stereocenters. The van der Waals surface area contributed by atoms with Gasteiger partial charge in [0.25, 0.3) is 11.8 Å². The summed E-state index contributed by atoms with van der Waals surface area (Å²) in [5.74, 6) is -0.592. The fourth-order valence-corrected chi connectivity index (χ4v) is 3.97. The number of phenols is 1. The molecule has 0 spiro atoms. The first-order valence-corrected chi connectivity index (χ1v) is 12.3. The quantitative estimate of drug-likeness (QED) is 0.248. The third-order valence-electron chi connectivity index (χ3n) is 6.17. The van der Waals surface area contributed by atoms with Crippen molar-refractivity contribution in [3.8, 4) is 11.5 Å². The summed E-state index contributed by atoms with van der Waals surface area (Å²) in [6.45, 7) is 1.88. The number of rotatable bonds is 9. The van der Waals surface area contributed by atoms with E-state index in [1.165, 1.54) is 12.1 Å². The topological polar surface area (TPSA) is 117 Å². The fourth-order valence-electron chi connectivity index (χ4n) is 3.97. The van der Waals surface area contributed by atoms with Crippen molar-refractivity contribution in [3.05, 3.63) is 119 Å². The third-order valence-corrected chi connectivity index (χ3v) is 6.17. The summed E-state index contributed by atoms with van der Waals surface area (Å²) in [4.78, 5) is 39.6. The maximum Gasteiger partial charge on any atom is 0.255 e. The zero-order valence-corrected chi connectivity index (χ0v) is 21.6. The number of aromatic hydroxyl groups is 1. The number of benzene rings is 4. The van der Waals surface area contributed by atoms with Gasteiger partial charge in [0, 0.05) is 17.7 Å². The Kier molecular flexibility index (Phi) is 8.58. The van der Waals surface area contributed by atoms with Crippen molar-refractivity contribution >= 4 is 29.1 Å². The van der Waals surface area contributed by atoms with Gasteiger partial charge < -0.3 is 25.8 Å². The predicted octanol–water partition coefficient (Wildman–Crippen LogP) is 4.94. The molecule has 0 saturated heterocycles. The number of anilines is 2. The minimum absolute atomic E-state index is 0.102. The van der Waals surface area contributed by atoms with Crippen molar-refractivity contribution < 1.29 is 24.2 Å². The van der Waals surface area contributed by atoms with Crippen LogP contribution >= 0.6 is 0 Å². The number of carbonyl (C=O) groups is 3. The summed E-state index contributed by atoms with van der Waals surface area (Å²) < 4.78 is 5.14. The molecule has 0 bridgehead atoms. The Labute approximate surface area is 226 Å². The van der Waals surface area contributed by atoms with Crippen LogP contribution in [0.4, 0.5) is 11.4 Å². The van der Waals surface area contributed by atoms with E-state index >= 15 is 0 Å². The molecule has 4 aromatic carbocycles. The van der Waals surface area contributed by atoms with Gasteiger partial charge in [0.05, 0.1) is 18.4 Å². The lowest BCUT2D eigenvalue weighted by Crippen LogP contribution is -2.45. The molecular formula is C31H29N3O5. The molecule has 8 heteroatoms. The Bertz CT molecular complexity index is 1470. The molecule has 8 nitrogen and oxygen atoms in total. The summed E-state index contributed by atoms with van der Waals surface area (Å²) in [6, 6.07) is 26.0. The predicted molar refractivity (Wildman–Crippen MR) is 150 cm³/mol. The summed E-state index contributed by atoms with van der Waals surface area (Å²) in [7, 11) is 1.54. The number of hydrogen-bond acceptors (Lipinski definition) is 5. The van der Waals surface area contributed by atoms with Crippen LogP contribution in [-0.2, 0) is 11.2 Å². The van der Waals surface area contributed by atoms with Gasteiger partial charge in [-0.05, 0) is 72.6 Å². The van der Waals surface area contributed by atoms with E-state index < -0.39 is 23.8 Å². The van der Waals surface area contributed by atoms with E-state index in [-0.39, 0.29) is 17.7 Å². The lowest BCUT2D eigenvalue weighted by molar-refractivity contribution is -0.118. The average molecular weight is 524 g/mol. The second kappa shape index (κ2) is 12.4. The molecule has 0 radical (unpaired) electrons. The van der Waals surface area contributed by atoms with E-state index in [9.17, 15) is 19.5 Å². The SMILES string of the molecule is COc1ccc(C(=O)Nc2ccccc2C(=O)NC(Cc2ccc(O)cc2)C(=O)Nc2ccccc2C)cc1. The highest BCUT2D eigenvalue weighted by Crippen LogP contribution is 2.20. The van der Waals surface area contributed by atoms with E-state index in [4.69, 9.17) is 4.74 Å². The standard InChI is InChI=1S/C31H29N3O5/c1-20-7-3-5-9-26(20)32-31(38)28(19-21-11-15-23(35)16-12-21)34-30(37)25-8-4-6-10-27(25)33-29(36)22-13-17-24(39-2)18-14-22/h3-18,28,35H,19H2,1-2H3,(H,32,38)(H,33,36)(H,34,37). The van der Waals surface area contributed by atoms with Gasteiger partial charge in [-0.25, -0.2) is 0 Å². The lowest BCUT2D eigenvalue weighted by Gasteiger charge is -2.20. The molecule has 4 N–H and O–H groups in total. The van der Waals surface area contributed by atoms with E-state index in [0.717, 1.165) is 11.1 Å². The van der Waals surface area contributed by atoms with E-state index in [1.54, 1.807) is 73.8 Å². The first kappa shape index (κ1) is 26.9. The highest BCUT2D eigenvalue weighted by Gasteiger charge is 2.24. The third kappa shape index (κ3) is 7.01. The van der Waals surface area contributed by atoms with Crippen molar-refractivity contribution in [1.82, 2.24) is 5.32 Å². The van der Waals surface area contributed by atoms with Gasteiger partial charge in [-0.1, -0.05) is 42.5 Å². The highest BCUT2D eigenvalue weighted by molar-refractivity contribution is 6.10. The smallest absolute Gasteiger partial charge is 0.255 e. The summed E-state index contributed by atoms with van der Waals surface area (Å²) in [5.41, 5.74) is 3.18. The zero-order chi connectivity index (χ0) is 27.8. The van der Waals surface area contributed by atoms with Crippen molar-refractivity contribution in [2.45, 2.75) is 19.4 Å². The molecule has 0 aliphatic rings. The normalized spacial score (nSPS) is 11.2. The second-order valence-electron chi connectivity index (χ2n) is 8.93. The number of nitrogens with one attached hydrogen (secondary N) is 3. The number of ether oxygens (including phenoxy) is 1. The largest absolute Gasteiger partial charge is 0.508 e. The second-order valence-corrected chi connectivity index (χ2v) is 8.93. The fraction of sp³-hybridized carbons (Fsp3) is 0.129. The maximum atomic E-state index is 13.4. The molecule has 198 valence electrons. The Morgan fingerprint density at radius 1 is 0.769 bits per heavy atom. The van der Waals surface area contributed by atoms with Gasteiger partial charge in [0.1, 0.15) is 17.5 Å². The number of carbonyl (C=O) groups excluding carboxylic acids is 3. The van der Waals surface area contributed by atoms with Gasteiger partial charge in [-0.15, -0.1) is 0 Å². The minimum atomic E-state index is -0.938. The maximum absolute atomic E-state index is 13.4. The van der Waals surface area contributed by atoms with E-state index in [2.05, 4.69) is 16.0 Å². The molecular weight excluding hydrogens is 494 g/mol. The Balaban J connectivity index is 1.55. The molecule has 1 unspecified atom stereocenters. The molecule has 0 aliphatic heterocycles. The number of aryl methyl sites for hydroxylation is 1. The number of phenolic OH excluding ortho intramolecular Hbond substituents is 1. The Morgan fingerprint density at radius 2 is 1.41 bits per heavy atom. The molecule has 4 rings (SSSR count). The molecule has 39 heavy (non-hydrogen) atoms. The average Bonchev–Trinajstić information content (AvgIpc) is 2.95. The van der Waals surface area contributed by atoms with Crippen LogP contribution in [0.25, 0.3) is 0 Å². The van der Waals surface area contributed by atoms with Crippen LogP contribution in [0.3, 0.4) is 0 Å². The Morgan fingerprint density at radius 3 is 2.08 bits per heavy atom. The molecule has 0 fully saturated rings. The first-order chi connectivity index (χ1) is 18.8. The number of hydrogen-bond donors (Lipinski definition) is 4. The summed E-state index contributed by atoms with van der Waals surface area (Å²) in [5, 5.41) is 18.1. The van der Waals surface area contributed by atoms with Crippen LogP contribution in [-0.4, -0.2) is 36.0 Å². The minimum Gasteiger partial charge on any atom is -0.508 e. The van der Waals surface area contributed by atoms with Crippen molar-refractivity contribution in [2.75, 3.05) is 17.7 Å². The molecule has 0 aliphatic carbocycles. The van der Waals surface area contributed by atoms with E-state index in [1.807, 2.05) is 25.1 Å². The van der Waals surface area contributed by atoms with Crippen LogP contribution in [0.15, 0.2) is 97.1 Å². The van der Waals surface area contributed by atoms with Crippen LogP contribution in [0.1, 0.15) is 31.8 Å². The monoisotopic (exact) mass is 523 g/mol. The van der Waals surface area contributed by atoms with Crippen LogP contribution in [0.5, 0.6) is 11.5 Å². The van der Waals surface area contributed by atoms with Crippen molar-refractivity contribution in [3.63, 3.8) is 0 Å². The van der Waals surface area contributed by atoms with Crippen molar-refractivity contribution in [2.24, 2.45) is 0 Å². The zero-order valence-electron chi connectivity index (χ0n) is 21.6. The molecule has 4 aromatic rings. The van der Waals surface area contributed by atoms with Gasteiger partial charge in [0.15, 0.2) is 0 Å². The summed E-state index contributed by atoms with van der Waals surface area (Å²) in [6.07, 6.45) is 0.185. The van der Waals surface area contributed by atoms with Crippen LogP contribution in [0.2, 0.25) is 0 Å². The lowest BCUT2D eigenvalue weighted by atomic mass is 10.0. The molecule has 0 saturated carbocycles. The van der Waals surface area contributed by atoms with Gasteiger partial charge in [-0.2, -0.15) is 0 Å². The molecule has 3 amide bonds. The van der Waals surface area contributed by atoms with Crippen LogP contribution < -0.4 is 20.7 Å². The van der Waals surface area contributed by atoms with E-state index in [0.29, 0.717) is 22.7 Å². The number of amides is 3. The van der Waals surface area contributed by atoms with Gasteiger partial charge >= 0.3 is 0 Å². The van der Waals surface area contributed by atoms with Gasteiger partial charge in [0.2, 0.25) is 5.91 Å². The summed E-state index contributed by atoms with van der Waals surface area (Å²) >= 11 is 0. The van der Waals surface area contributed by atoms with Gasteiger partial charge in [-0.3, -0.25) is 14.4 Å². The number of methoxy groups -OCH3 is 1. The number of para-hydroxylation sites is 2. The first-order valence-electron chi connectivity index (χ1n) is 12.3.